The van der Waals surface area contributed by atoms with Gasteiger partial charge >= 0.3 is 0 Å². The smallest absolute Gasteiger partial charge is 0.226 e. The lowest BCUT2D eigenvalue weighted by Crippen LogP contribution is -2.13. The van der Waals surface area contributed by atoms with E-state index in [1.807, 2.05) is 29.6 Å². The maximum atomic E-state index is 12.1. The van der Waals surface area contributed by atoms with Crippen LogP contribution in [0.2, 0.25) is 0 Å². The molecule has 3 rings (SSSR count). The molecule has 0 bridgehead atoms. The van der Waals surface area contributed by atoms with E-state index in [2.05, 4.69) is 20.6 Å². The highest BCUT2D eigenvalue weighted by Crippen LogP contribution is 2.24. The number of para-hydroxylation sites is 2. The fourth-order valence-electron chi connectivity index (χ4n) is 2.74. The number of nitrogens with one attached hydrogen (secondary N) is 2. The van der Waals surface area contributed by atoms with E-state index >= 15 is 0 Å². The quantitative estimate of drug-likeness (QED) is 0.360. The molecular weight excluding hydrogens is 386 g/mol. The van der Waals surface area contributed by atoms with Gasteiger partial charge in [-0.15, -0.1) is 11.3 Å². The molecule has 29 heavy (non-hydrogen) atoms. The highest BCUT2D eigenvalue weighted by Gasteiger charge is 2.09. The zero-order chi connectivity index (χ0) is 20.5. The number of carbonyl (C=O) groups excluding carboxylic acids is 2. The number of nitrogen functional groups attached to an aromatic ring is 1. The number of unbranched alkanes of at least 4 members (excludes halogenated alkanes) is 2. The van der Waals surface area contributed by atoms with Crippen LogP contribution in [0.4, 0.5) is 16.5 Å². The third kappa shape index (κ3) is 6.39. The monoisotopic (exact) mass is 409 g/mol. The van der Waals surface area contributed by atoms with Gasteiger partial charge in [-0.1, -0.05) is 18.6 Å². The lowest BCUT2D eigenvalue weighted by atomic mass is 10.1. The molecule has 0 aliphatic carbocycles. The van der Waals surface area contributed by atoms with Crippen molar-refractivity contribution in [1.29, 1.82) is 0 Å². The van der Waals surface area contributed by atoms with E-state index in [1.165, 1.54) is 11.3 Å². The SMILES string of the molecule is Nc1ccccc1NC(=O)CCCCCC(=O)Nc1nc(-c2ccncc2)cs1. The average Bonchev–Trinajstić information content (AvgIpc) is 3.18. The Bertz CT molecular complexity index is 958. The molecule has 0 fully saturated rings. The van der Waals surface area contributed by atoms with Crippen molar-refractivity contribution in [1.82, 2.24) is 9.97 Å². The minimum Gasteiger partial charge on any atom is -0.397 e. The lowest BCUT2D eigenvalue weighted by Gasteiger charge is -2.07. The Kier molecular flexibility index (Phi) is 7.29. The Hall–Kier alpha value is -3.26. The van der Waals surface area contributed by atoms with E-state index in [9.17, 15) is 9.59 Å². The zero-order valence-corrected chi connectivity index (χ0v) is 16.7. The number of amides is 2. The van der Waals surface area contributed by atoms with E-state index in [0.29, 0.717) is 29.3 Å². The Morgan fingerprint density at radius 2 is 1.62 bits per heavy atom. The van der Waals surface area contributed by atoms with Crippen LogP contribution in [0, 0.1) is 0 Å². The van der Waals surface area contributed by atoms with E-state index < -0.39 is 0 Å². The molecule has 2 heterocycles. The molecule has 0 aliphatic rings. The fourth-order valence-corrected chi connectivity index (χ4v) is 3.48. The van der Waals surface area contributed by atoms with Crippen LogP contribution in [0.25, 0.3) is 11.3 Å². The largest absolute Gasteiger partial charge is 0.397 e. The molecule has 4 N–H and O–H groups in total. The fraction of sp³-hybridized carbons (Fsp3) is 0.238. The van der Waals surface area contributed by atoms with Crippen molar-refractivity contribution in [3.05, 3.63) is 54.2 Å². The Morgan fingerprint density at radius 1 is 0.931 bits per heavy atom. The van der Waals surface area contributed by atoms with Gasteiger partial charge < -0.3 is 16.4 Å². The van der Waals surface area contributed by atoms with Crippen LogP contribution in [0.15, 0.2) is 54.2 Å². The molecule has 8 heteroatoms. The number of rotatable bonds is 9. The van der Waals surface area contributed by atoms with E-state index in [-0.39, 0.29) is 11.8 Å². The number of nitrogens with zero attached hydrogens (tertiary/aromatic N) is 2. The first-order valence-electron chi connectivity index (χ1n) is 9.42. The molecule has 150 valence electrons. The average molecular weight is 410 g/mol. The number of aromatic nitrogens is 2. The molecule has 7 nitrogen and oxygen atoms in total. The first-order chi connectivity index (χ1) is 14.1. The van der Waals surface area contributed by atoms with Gasteiger partial charge in [-0.05, 0) is 37.1 Å². The predicted molar refractivity (Wildman–Crippen MR) is 117 cm³/mol. The van der Waals surface area contributed by atoms with Crippen LogP contribution < -0.4 is 16.4 Å². The van der Waals surface area contributed by atoms with E-state index in [0.717, 1.165) is 30.5 Å². The van der Waals surface area contributed by atoms with Crippen LogP contribution >= 0.6 is 11.3 Å². The van der Waals surface area contributed by atoms with Crippen molar-refractivity contribution in [2.24, 2.45) is 0 Å². The summed E-state index contributed by atoms with van der Waals surface area (Å²) in [5.41, 5.74) is 8.77. The van der Waals surface area contributed by atoms with Gasteiger partial charge in [-0.25, -0.2) is 4.98 Å². The minimum absolute atomic E-state index is 0.0675. The maximum absolute atomic E-state index is 12.1. The summed E-state index contributed by atoms with van der Waals surface area (Å²) in [5, 5.41) is 8.13. The third-order valence-corrected chi connectivity index (χ3v) is 5.03. The molecular formula is C21H23N5O2S. The van der Waals surface area contributed by atoms with Crippen LogP contribution in [0.5, 0.6) is 0 Å². The molecule has 2 amide bonds. The molecule has 0 unspecified atom stereocenters. The van der Waals surface area contributed by atoms with E-state index in [4.69, 9.17) is 5.73 Å². The summed E-state index contributed by atoms with van der Waals surface area (Å²) >= 11 is 1.40. The second-order valence-corrected chi connectivity index (χ2v) is 7.38. The number of pyridine rings is 1. The summed E-state index contributed by atoms with van der Waals surface area (Å²) in [4.78, 5) is 32.5. The number of carbonyl (C=O) groups is 2. The molecule has 0 spiro atoms. The Balaban J connectivity index is 1.33. The number of benzene rings is 1. The Morgan fingerprint density at radius 3 is 2.34 bits per heavy atom. The summed E-state index contributed by atoms with van der Waals surface area (Å²) in [5.74, 6) is -0.138. The van der Waals surface area contributed by atoms with Gasteiger partial charge in [-0.3, -0.25) is 14.6 Å². The van der Waals surface area contributed by atoms with Gasteiger partial charge in [0.1, 0.15) is 0 Å². The number of hydrogen-bond donors (Lipinski definition) is 3. The molecule has 0 atom stereocenters. The van der Waals surface area contributed by atoms with Crippen LogP contribution in [0.1, 0.15) is 32.1 Å². The first kappa shape index (κ1) is 20.5. The minimum atomic E-state index is -0.0706. The second-order valence-electron chi connectivity index (χ2n) is 6.52. The van der Waals surface area contributed by atoms with Gasteiger partial charge in [0.15, 0.2) is 5.13 Å². The van der Waals surface area contributed by atoms with Crippen molar-refractivity contribution in [3.63, 3.8) is 0 Å². The number of anilines is 3. The van der Waals surface area contributed by atoms with Crippen molar-refractivity contribution >= 4 is 39.7 Å². The summed E-state index contributed by atoms with van der Waals surface area (Å²) < 4.78 is 0. The third-order valence-electron chi connectivity index (χ3n) is 4.27. The topological polar surface area (TPSA) is 110 Å². The summed E-state index contributed by atoms with van der Waals surface area (Å²) in [6.45, 7) is 0. The molecule has 1 aromatic carbocycles. The summed E-state index contributed by atoms with van der Waals surface area (Å²) in [7, 11) is 0. The van der Waals surface area contributed by atoms with Crippen LogP contribution in [0.3, 0.4) is 0 Å². The first-order valence-corrected chi connectivity index (χ1v) is 10.3. The van der Waals surface area contributed by atoms with Crippen molar-refractivity contribution in [3.8, 4) is 11.3 Å². The summed E-state index contributed by atoms with van der Waals surface area (Å²) in [6, 6.07) is 10.9. The maximum Gasteiger partial charge on any atom is 0.226 e. The normalized spacial score (nSPS) is 10.5. The second kappa shape index (κ2) is 10.3. The number of thiazole rings is 1. The molecule has 3 aromatic rings. The molecule has 2 aromatic heterocycles. The predicted octanol–water partition coefficient (Wildman–Crippen LogP) is 4.32. The van der Waals surface area contributed by atoms with Crippen LogP contribution in [-0.4, -0.2) is 21.8 Å². The molecule has 0 aliphatic heterocycles. The Labute approximate surface area is 173 Å². The highest BCUT2D eigenvalue weighted by molar-refractivity contribution is 7.14. The van der Waals surface area contributed by atoms with Crippen molar-refractivity contribution in [2.45, 2.75) is 32.1 Å². The lowest BCUT2D eigenvalue weighted by molar-refractivity contribution is -0.116. The van der Waals surface area contributed by atoms with Gasteiger partial charge in [0.05, 0.1) is 17.1 Å². The zero-order valence-electron chi connectivity index (χ0n) is 15.9. The molecule has 0 saturated heterocycles. The van der Waals surface area contributed by atoms with Gasteiger partial charge in [-0.2, -0.15) is 0 Å². The van der Waals surface area contributed by atoms with Gasteiger partial charge in [0, 0.05) is 36.2 Å². The number of hydrogen-bond acceptors (Lipinski definition) is 6. The highest BCUT2D eigenvalue weighted by atomic mass is 32.1. The van der Waals surface area contributed by atoms with Gasteiger partial charge in [0.2, 0.25) is 11.8 Å². The van der Waals surface area contributed by atoms with Crippen molar-refractivity contribution in [2.75, 3.05) is 16.4 Å². The molecule has 0 saturated carbocycles. The van der Waals surface area contributed by atoms with Crippen molar-refractivity contribution < 1.29 is 9.59 Å². The van der Waals surface area contributed by atoms with Gasteiger partial charge in [0.25, 0.3) is 0 Å². The number of nitrogens with two attached hydrogens (primary N) is 1. The van der Waals surface area contributed by atoms with E-state index in [1.54, 1.807) is 24.5 Å². The standard InChI is InChI=1S/C21H23N5O2S/c22-16-6-4-5-7-17(16)24-19(27)8-2-1-3-9-20(28)26-21-25-18(14-29-21)15-10-12-23-13-11-15/h4-7,10-14H,1-3,8-9,22H2,(H,24,27)(H,25,26,28). The van der Waals surface area contributed by atoms with Crippen LogP contribution in [-0.2, 0) is 9.59 Å². The molecule has 0 radical (unpaired) electrons. The summed E-state index contributed by atoms with van der Waals surface area (Å²) in [6.07, 6.45) is 6.45.